The lowest BCUT2D eigenvalue weighted by atomic mass is 10.1. The molecule has 10 heteroatoms. The van der Waals surface area contributed by atoms with E-state index in [1.54, 1.807) is 14.2 Å². The van der Waals surface area contributed by atoms with Crippen molar-refractivity contribution in [2.75, 3.05) is 14.2 Å². The highest BCUT2D eigenvalue weighted by atomic mass is 127. The Morgan fingerprint density at radius 1 is 1.43 bits per heavy atom. The Morgan fingerprint density at radius 3 is 2.71 bits per heavy atom. The van der Waals surface area contributed by atoms with Crippen molar-refractivity contribution in [1.82, 2.24) is 24.4 Å². The van der Waals surface area contributed by atoms with Crippen LogP contribution in [0.25, 0.3) is 5.65 Å². The van der Waals surface area contributed by atoms with Crippen molar-refractivity contribution in [2.45, 2.75) is 19.1 Å². The van der Waals surface area contributed by atoms with Crippen LogP contribution < -0.4 is 5.69 Å². The Kier molecular flexibility index (Phi) is 6.36. The van der Waals surface area contributed by atoms with Crippen molar-refractivity contribution in [3.63, 3.8) is 0 Å². The number of methoxy groups -OCH3 is 2. The maximum atomic E-state index is 11.8. The van der Waals surface area contributed by atoms with Crippen LogP contribution in [0, 0.1) is 5.41 Å². The van der Waals surface area contributed by atoms with Gasteiger partial charge in [-0.2, -0.15) is 4.68 Å². The molecule has 0 unspecified atom stereocenters. The summed E-state index contributed by atoms with van der Waals surface area (Å²) >= 11 is 0. The first-order chi connectivity index (χ1) is 9.58. The molecule has 0 aliphatic carbocycles. The van der Waals surface area contributed by atoms with Gasteiger partial charge in [0.25, 0.3) is 0 Å². The van der Waals surface area contributed by atoms with Gasteiger partial charge in [0, 0.05) is 27.7 Å². The molecule has 9 nitrogen and oxygen atoms in total. The molecule has 0 atom stereocenters. The van der Waals surface area contributed by atoms with E-state index < -0.39 is 0 Å². The summed E-state index contributed by atoms with van der Waals surface area (Å²) in [6, 6.07) is 0. The van der Waals surface area contributed by atoms with Gasteiger partial charge in [0.15, 0.2) is 11.9 Å². The molecule has 0 aromatic carbocycles. The third kappa shape index (κ3) is 3.63. The number of aryl methyl sites for hydroxylation is 1. The van der Waals surface area contributed by atoms with Crippen LogP contribution in [0.1, 0.15) is 18.5 Å². The van der Waals surface area contributed by atoms with E-state index in [-0.39, 0.29) is 47.3 Å². The van der Waals surface area contributed by atoms with E-state index in [0.29, 0.717) is 18.5 Å². The van der Waals surface area contributed by atoms with Crippen LogP contribution in [-0.4, -0.2) is 50.6 Å². The Balaban J connectivity index is 0.00000220. The van der Waals surface area contributed by atoms with E-state index in [1.807, 2.05) is 0 Å². The van der Waals surface area contributed by atoms with Crippen LogP contribution in [0.5, 0.6) is 0 Å². The van der Waals surface area contributed by atoms with Gasteiger partial charge in [0.2, 0.25) is 0 Å². The first kappa shape index (κ1) is 17.7. The quantitative estimate of drug-likeness (QED) is 0.416. The Bertz CT molecular complexity index is 678. The second-order valence-electron chi connectivity index (χ2n) is 4.20. The molecule has 0 radical (unpaired) electrons. The Labute approximate surface area is 137 Å². The van der Waals surface area contributed by atoms with Crippen LogP contribution in [0.2, 0.25) is 0 Å². The number of rotatable bonds is 6. The van der Waals surface area contributed by atoms with Crippen molar-refractivity contribution in [1.29, 1.82) is 5.41 Å². The second kappa shape index (κ2) is 7.56. The number of ether oxygens (including phenoxy) is 2. The van der Waals surface area contributed by atoms with Gasteiger partial charge in [-0.25, -0.2) is 14.2 Å². The highest BCUT2D eigenvalue weighted by molar-refractivity contribution is 14.0. The molecule has 0 saturated carbocycles. The summed E-state index contributed by atoms with van der Waals surface area (Å²) in [7, 11) is 4.58. The summed E-state index contributed by atoms with van der Waals surface area (Å²) in [4.78, 5) is 15.9. The number of halogens is 1. The number of fused-ring (bicyclic) bond motifs is 1. The fourth-order valence-corrected chi connectivity index (χ4v) is 1.81. The molecule has 21 heavy (non-hydrogen) atoms. The zero-order chi connectivity index (χ0) is 14.7. The van der Waals surface area contributed by atoms with Crippen molar-refractivity contribution >= 4 is 35.3 Å². The van der Waals surface area contributed by atoms with Crippen molar-refractivity contribution in [3.8, 4) is 0 Å². The van der Waals surface area contributed by atoms with Crippen LogP contribution in [0.4, 0.5) is 0 Å². The molecular formula is C11H17IN6O3. The first-order valence-electron chi connectivity index (χ1n) is 5.99. The van der Waals surface area contributed by atoms with Gasteiger partial charge in [-0.1, -0.05) is 5.21 Å². The maximum absolute atomic E-state index is 11.8. The number of imidazole rings is 1. The SMILES string of the molecule is COC(CCC(=N)c1ncn2c(=O)n(C)nnc12)OC.I. The fourth-order valence-electron chi connectivity index (χ4n) is 1.81. The van der Waals surface area contributed by atoms with Crippen LogP contribution >= 0.6 is 24.0 Å². The normalized spacial score (nSPS) is 10.9. The molecule has 2 aromatic heterocycles. The molecule has 2 aromatic rings. The van der Waals surface area contributed by atoms with E-state index in [9.17, 15) is 4.79 Å². The molecule has 2 rings (SSSR count). The highest BCUT2D eigenvalue weighted by Crippen LogP contribution is 2.10. The molecular weight excluding hydrogens is 391 g/mol. The highest BCUT2D eigenvalue weighted by Gasteiger charge is 2.16. The number of aromatic nitrogens is 5. The molecule has 0 aliphatic heterocycles. The van der Waals surface area contributed by atoms with E-state index >= 15 is 0 Å². The average molecular weight is 408 g/mol. The smallest absolute Gasteiger partial charge is 0.352 e. The predicted octanol–water partition coefficient (Wildman–Crippen LogP) is 0.208. The van der Waals surface area contributed by atoms with Gasteiger partial charge in [-0.05, 0) is 6.42 Å². The summed E-state index contributed by atoms with van der Waals surface area (Å²) in [6.07, 6.45) is 1.89. The fraction of sp³-hybridized carbons (Fsp3) is 0.545. The van der Waals surface area contributed by atoms with Crippen molar-refractivity contribution < 1.29 is 9.47 Å². The topological polar surface area (TPSA) is 107 Å². The number of hydrogen-bond donors (Lipinski definition) is 1. The molecule has 2 heterocycles. The summed E-state index contributed by atoms with van der Waals surface area (Å²) in [5, 5.41) is 15.6. The van der Waals surface area contributed by atoms with Gasteiger partial charge >= 0.3 is 5.69 Å². The van der Waals surface area contributed by atoms with Gasteiger partial charge in [-0.3, -0.25) is 0 Å². The summed E-state index contributed by atoms with van der Waals surface area (Å²) < 4.78 is 12.5. The molecule has 1 N–H and O–H groups in total. The van der Waals surface area contributed by atoms with Gasteiger partial charge < -0.3 is 14.9 Å². The van der Waals surface area contributed by atoms with Crippen LogP contribution in [0.3, 0.4) is 0 Å². The van der Waals surface area contributed by atoms with E-state index in [4.69, 9.17) is 14.9 Å². The lowest BCUT2D eigenvalue weighted by molar-refractivity contribution is -0.104. The number of nitrogens with one attached hydrogen (secondary N) is 1. The van der Waals surface area contributed by atoms with E-state index in [2.05, 4.69) is 15.3 Å². The Morgan fingerprint density at radius 2 is 2.10 bits per heavy atom. The standard InChI is InChI=1S/C11H16N6O3.HI/c1-16-11(18)17-6-13-9(10(17)14-15-16)7(12)4-5-8(19-2)20-3;/h6,8,12H,4-5H2,1-3H3;1H. The lowest BCUT2D eigenvalue weighted by Gasteiger charge is -2.12. The lowest BCUT2D eigenvalue weighted by Crippen LogP contribution is -2.27. The molecule has 0 saturated heterocycles. The van der Waals surface area contributed by atoms with E-state index in [0.717, 1.165) is 4.68 Å². The van der Waals surface area contributed by atoms with Gasteiger partial charge in [0.05, 0.1) is 5.71 Å². The van der Waals surface area contributed by atoms with Crippen molar-refractivity contribution in [3.05, 3.63) is 22.5 Å². The molecule has 116 valence electrons. The monoisotopic (exact) mass is 408 g/mol. The van der Waals surface area contributed by atoms with E-state index in [1.165, 1.54) is 17.8 Å². The zero-order valence-electron chi connectivity index (χ0n) is 11.9. The maximum Gasteiger partial charge on any atom is 0.352 e. The summed E-state index contributed by atoms with van der Waals surface area (Å²) in [5.41, 5.74) is 0.535. The Hall–Kier alpha value is -1.40. The average Bonchev–Trinajstić information content (AvgIpc) is 2.88. The minimum atomic E-state index is -0.372. The molecule has 0 amide bonds. The minimum Gasteiger partial charge on any atom is -0.356 e. The van der Waals surface area contributed by atoms with Crippen molar-refractivity contribution in [2.24, 2.45) is 7.05 Å². The van der Waals surface area contributed by atoms with Crippen LogP contribution in [-0.2, 0) is 16.5 Å². The first-order valence-corrected chi connectivity index (χ1v) is 5.99. The molecule has 0 bridgehead atoms. The number of nitrogens with zero attached hydrogens (tertiary/aromatic N) is 5. The minimum absolute atomic E-state index is 0. The van der Waals surface area contributed by atoms with Gasteiger partial charge in [0.1, 0.15) is 12.0 Å². The number of hydrogen-bond acceptors (Lipinski definition) is 7. The summed E-state index contributed by atoms with van der Waals surface area (Å²) in [5.74, 6) is 0. The predicted molar refractivity (Wildman–Crippen MR) is 85.3 cm³/mol. The van der Waals surface area contributed by atoms with Gasteiger partial charge in [-0.15, -0.1) is 29.1 Å². The largest absolute Gasteiger partial charge is 0.356 e. The van der Waals surface area contributed by atoms with Crippen LogP contribution in [0.15, 0.2) is 11.1 Å². The second-order valence-corrected chi connectivity index (χ2v) is 4.20. The third-order valence-electron chi connectivity index (χ3n) is 2.94. The molecule has 0 fully saturated rings. The molecule has 0 spiro atoms. The third-order valence-corrected chi connectivity index (χ3v) is 2.94. The summed E-state index contributed by atoms with van der Waals surface area (Å²) in [6.45, 7) is 0. The molecule has 0 aliphatic rings. The zero-order valence-corrected chi connectivity index (χ0v) is 14.3.